The number of phenols is 1. The molecule has 1 amide bonds. The number of carbonyl (C=O) groups excluding carboxylic acids is 1. The van der Waals surface area contributed by atoms with Gasteiger partial charge in [-0.1, -0.05) is 18.2 Å². The van der Waals surface area contributed by atoms with Gasteiger partial charge in [0.15, 0.2) is 5.11 Å². The standard InChI is InChI=1S/C17H15N3O5S/c1-25-15-5-3-2-4-11(15)6-9-16(22)19-17(26)18-13-10-12(20(23)24)7-8-14(13)21/h2-10,21H,1H3,(H2,18,19,22,26)/b9-6+. The van der Waals surface area contributed by atoms with Gasteiger partial charge in [0.2, 0.25) is 5.91 Å². The monoisotopic (exact) mass is 373 g/mol. The van der Waals surface area contributed by atoms with Crippen molar-refractivity contribution in [1.29, 1.82) is 0 Å². The summed E-state index contributed by atoms with van der Waals surface area (Å²) in [5, 5.41) is 25.3. The maximum absolute atomic E-state index is 11.9. The van der Waals surface area contributed by atoms with Gasteiger partial charge in [0, 0.05) is 23.8 Å². The van der Waals surface area contributed by atoms with E-state index in [2.05, 4.69) is 10.6 Å². The van der Waals surface area contributed by atoms with Crippen molar-refractivity contribution < 1.29 is 19.6 Å². The van der Waals surface area contributed by atoms with Gasteiger partial charge >= 0.3 is 0 Å². The number of nitro groups is 1. The van der Waals surface area contributed by atoms with Gasteiger partial charge in [0.1, 0.15) is 11.5 Å². The van der Waals surface area contributed by atoms with Gasteiger partial charge in [0.05, 0.1) is 17.7 Å². The Bertz CT molecular complexity index is 882. The summed E-state index contributed by atoms with van der Waals surface area (Å²) in [6, 6.07) is 10.6. The molecular weight excluding hydrogens is 358 g/mol. The van der Waals surface area contributed by atoms with E-state index >= 15 is 0 Å². The number of hydrogen-bond donors (Lipinski definition) is 3. The number of amides is 1. The molecule has 0 saturated carbocycles. The highest BCUT2D eigenvalue weighted by Gasteiger charge is 2.12. The molecule has 0 spiro atoms. The minimum absolute atomic E-state index is 0.0122. The van der Waals surface area contributed by atoms with Crippen LogP contribution in [0.25, 0.3) is 6.08 Å². The van der Waals surface area contributed by atoms with Crippen LogP contribution in [0.1, 0.15) is 5.56 Å². The fourth-order valence-electron chi connectivity index (χ4n) is 2.01. The van der Waals surface area contributed by atoms with Crippen molar-refractivity contribution in [2.24, 2.45) is 0 Å². The largest absolute Gasteiger partial charge is 0.506 e. The maximum Gasteiger partial charge on any atom is 0.271 e. The Kier molecular flexibility index (Phi) is 6.23. The quantitative estimate of drug-likeness (QED) is 0.243. The molecule has 2 aromatic rings. The molecular formula is C17H15N3O5S. The first-order valence-electron chi connectivity index (χ1n) is 7.31. The molecule has 0 bridgehead atoms. The normalized spacial score (nSPS) is 10.3. The summed E-state index contributed by atoms with van der Waals surface area (Å²) in [5.74, 6) is -0.145. The number of non-ortho nitro benzene ring substituents is 1. The Morgan fingerprint density at radius 2 is 2.04 bits per heavy atom. The Hall–Kier alpha value is -3.46. The number of methoxy groups -OCH3 is 1. The number of nitrogens with zero attached hydrogens (tertiary/aromatic N) is 1. The van der Waals surface area contributed by atoms with Gasteiger partial charge in [-0.2, -0.15) is 0 Å². The zero-order valence-corrected chi connectivity index (χ0v) is 14.4. The van der Waals surface area contributed by atoms with Crippen molar-refractivity contribution in [3.8, 4) is 11.5 Å². The minimum atomic E-state index is -0.609. The van der Waals surface area contributed by atoms with Crippen LogP contribution < -0.4 is 15.4 Å². The number of para-hydroxylation sites is 1. The van der Waals surface area contributed by atoms with Crippen molar-refractivity contribution in [1.82, 2.24) is 5.32 Å². The third-order valence-electron chi connectivity index (χ3n) is 3.23. The van der Waals surface area contributed by atoms with Gasteiger partial charge in [0.25, 0.3) is 5.69 Å². The van der Waals surface area contributed by atoms with E-state index in [1.54, 1.807) is 30.3 Å². The summed E-state index contributed by atoms with van der Waals surface area (Å²) < 4.78 is 5.18. The second kappa shape index (κ2) is 8.58. The summed E-state index contributed by atoms with van der Waals surface area (Å²) in [5.41, 5.74) is 0.494. The minimum Gasteiger partial charge on any atom is -0.506 e. The molecule has 0 fully saturated rings. The van der Waals surface area contributed by atoms with Crippen LogP contribution in [-0.2, 0) is 4.79 Å². The van der Waals surface area contributed by atoms with Gasteiger partial charge in [-0.15, -0.1) is 0 Å². The lowest BCUT2D eigenvalue weighted by Gasteiger charge is -2.09. The predicted molar refractivity (Wildman–Crippen MR) is 101 cm³/mol. The van der Waals surface area contributed by atoms with E-state index in [9.17, 15) is 20.0 Å². The number of ether oxygens (including phenoxy) is 1. The molecule has 134 valence electrons. The second-order valence-electron chi connectivity index (χ2n) is 4.98. The van der Waals surface area contributed by atoms with Crippen LogP contribution in [0.15, 0.2) is 48.5 Å². The summed E-state index contributed by atoms with van der Waals surface area (Å²) in [7, 11) is 1.53. The molecule has 0 radical (unpaired) electrons. The number of carbonyl (C=O) groups is 1. The first-order chi connectivity index (χ1) is 12.4. The molecule has 0 unspecified atom stereocenters. The highest BCUT2D eigenvalue weighted by Crippen LogP contribution is 2.27. The number of anilines is 1. The van der Waals surface area contributed by atoms with E-state index in [1.165, 1.54) is 13.2 Å². The number of phenolic OH excluding ortho intramolecular Hbond substituents is 1. The molecule has 26 heavy (non-hydrogen) atoms. The van der Waals surface area contributed by atoms with Crippen molar-refractivity contribution in [3.05, 3.63) is 64.2 Å². The molecule has 0 aliphatic rings. The number of thiocarbonyl (C=S) groups is 1. The average Bonchev–Trinajstić information content (AvgIpc) is 2.61. The van der Waals surface area contributed by atoms with Crippen LogP contribution in [-0.4, -0.2) is 28.2 Å². The molecule has 0 aromatic heterocycles. The Morgan fingerprint density at radius 3 is 2.73 bits per heavy atom. The van der Waals surface area contributed by atoms with E-state index in [0.29, 0.717) is 11.3 Å². The Balaban J connectivity index is 2.01. The van der Waals surface area contributed by atoms with Crippen LogP contribution in [0, 0.1) is 10.1 Å². The number of benzene rings is 2. The summed E-state index contributed by atoms with van der Waals surface area (Å²) in [6.07, 6.45) is 2.82. The van der Waals surface area contributed by atoms with Crippen molar-refractivity contribution in [2.45, 2.75) is 0 Å². The Labute approximate surface area is 154 Å². The maximum atomic E-state index is 11.9. The third-order valence-corrected chi connectivity index (χ3v) is 3.43. The average molecular weight is 373 g/mol. The number of rotatable bonds is 5. The fraction of sp³-hybridized carbons (Fsp3) is 0.0588. The second-order valence-corrected chi connectivity index (χ2v) is 5.39. The van der Waals surface area contributed by atoms with E-state index in [0.717, 1.165) is 18.2 Å². The highest BCUT2D eigenvalue weighted by molar-refractivity contribution is 7.80. The van der Waals surface area contributed by atoms with Crippen LogP contribution in [0.4, 0.5) is 11.4 Å². The van der Waals surface area contributed by atoms with Crippen molar-refractivity contribution in [3.63, 3.8) is 0 Å². The first-order valence-corrected chi connectivity index (χ1v) is 7.72. The smallest absolute Gasteiger partial charge is 0.271 e. The lowest BCUT2D eigenvalue weighted by atomic mass is 10.2. The molecule has 0 saturated heterocycles. The molecule has 0 atom stereocenters. The topological polar surface area (TPSA) is 114 Å². The van der Waals surface area contributed by atoms with Gasteiger partial charge in [-0.3, -0.25) is 20.2 Å². The van der Waals surface area contributed by atoms with E-state index in [4.69, 9.17) is 17.0 Å². The molecule has 0 aliphatic heterocycles. The summed E-state index contributed by atoms with van der Waals surface area (Å²) in [4.78, 5) is 22.1. The van der Waals surface area contributed by atoms with E-state index in [-0.39, 0.29) is 22.2 Å². The van der Waals surface area contributed by atoms with E-state index in [1.807, 2.05) is 0 Å². The lowest BCUT2D eigenvalue weighted by Crippen LogP contribution is -2.32. The van der Waals surface area contributed by atoms with E-state index < -0.39 is 10.8 Å². The number of hydrogen-bond acceptors (Lipinski definition) is 6. The van der Waals surface area contributed by atoms with Gasteiger partial charge in [-0.25, -0.2) is 0 Å². The van der Waals surface area contributed by atoms with Gasteiger partial charge < -0.3 is 15.2 Å². The SMILES string of the molecule is COc1ccccc1/C=C/C(=O)NC(=S)Nc1cc([N+](=O)[O-])ccc1O. The Morgan fingerprint density at radius 1 is 1.31 bits per heavy atom. The fourth-order valence-corrected chi connectivity index (χ4v) is 2.22. The molecule has 8 nitrogen and oxygen atoms in total. The van der Waals surface area contributed by atoms with Crippen molar-refractivity contribution >= 4 is 40.7 Å². The molecule has 0 heterocycles. The van der Waals surface area contributed by atoms with Crippen LogP contribution in [0.3, 0.4) is 0 Å². The molecule has 2 aromatic carbocycles. The summed E-state index contributed by atoms with van der Waals surface area (Å²) in [6.45, 7) is 0. The molecule has 3 N–H and O–H groups in total. The van der Waals surface area contributed by atoms with Gasteiger partial charge in [-0.05, 0) is 30.4 Å². The first kappa shape index (κ1) is 18.9. The zero-order chi connectivity index (χ0) is 19.1. The number of nitrogens with one attached hydrogen (secondary N) is 2. The highest BCUT2D eigenvalue weighted by atomic mass is 32.1. The number of aromatic hydroxyl groups is 1. The summed E-state index contributed by atoms with van der Waals surface area (Å²) >= 11 is 4.98. The lowest BCUT2D eigenvalue weighted by molar-refractivity contribution is -0.384. The zero-order valence-electron chi connectivity index (χ0n) is 13.6. The van der Waals surface area contributed by atoms with Crippen molar-refractivity contribution in [2.75, 3.05) is 12.4 Å². The molecule has 2 rings (SSSR count). The molecule has 0 aliphatic carbocycles. The third kappa shape index (κ3) is 5.02. The number of nitro benzene ring substituents is 1. The predicted octanol–water partition coefficient (Wildman–Crippen LogP) is 2.84. The van der Waals surface area contributed by atoms with Crippen LogP contribution in [0.5, 0.6) is 11.5 Å². The van der Waals surface area contributed by atoms with Crippen LogP contribution >= 0.6 is 12.2 Å². The molecule has 9 heteroatoms. The van der Waals surface area contributed by atoms with Crippen LogP contribution in [0.2, 0.25) is 0 Å².